The zero-order valence-electron chi connectivity index (χ0n) is 20.1. The summed E-state index contributed by atoms with van der Waals surface area (Å²) in [5, 5.41) is 6.64. The average Bonchev–Trinajstić information content (AvgIpc) is 3.19. The Morgan fingerprint density at radius 2 is 1.64 bits per heavy atom. The number of fused-ring (bicyclic) bond motifs is 1. The van der Waals surface area contributed by atoms with Crippen molar-refractivity contribution in [3.05, 3.63) is 89.5 Å². The Hall–Kier alpha value is -3.71. The van der Waals surface area contributed by atoms with E-state index >= 15 is 0 Å². The van der Waals surface area contributed by atoms with Crippen molar-refractivity contribution in [2.45, 2.75) is 20.3 Å². The van der Waals surface area contributed by atoms with E-state index in [2.05, 4.69) is 10.6 Å². The molecule has 0 bridgehead atoms. The minimum Gasteiger partial charge on any atom is -0.369 e. The number of hydrogen-bond donors (Lipinski definition) is 3. The molecule has 186 valence electrons. The van der Waals surface area contributed by atoms with Crippen molar-refractivity contribution in [2.75, 3.05) is 23.8 Å². The minimum absolute atomic E-state index is 0.144. The normalized spacial score (nSPS) is 14.2. The Bertz CT molecular complexity index is 1340. The average molecular weight is 506 g/mol. The molecule has 4 rings (SSSR count). The third kappa shape index (κ3) is 5.41. The first-order valence-electron chi connectivity index (χ1n) is 11.6. The van der Waals surface area contributed by atoms with Gasteiger partial charge in [0.15, 0.2) is 0 Å². The zero-order chi connectivity index (χ0) is 25.7. The number of benzene rings is 3. The van der Waals surface area contributed by atoms with Crippen molar-refractivity contribution >= 4 is 47.4 Å². The third-order valence-electron chi connectivity index (χ3n) is 5.58. The summed E-state index contributed by atoms with van der Waals surface area (Å²) in [4.78, 5) is 24.5. The van der Waals surface area contributed by atoms with Crippen LogP contribution in [-0.4, -0.2) is 25.0 Å². The van der Waals surface area contributed by atoms with Crippen molar-refractivity contribution in [3.63, 3.8) is 0 Å². The Morgan fingerprint density at radius 3 is 2.25 bits per heavy atom. The van der Waals surface area contributed by atoms with E-state index < -0.39 is 13.5 Å². The Labute approximate surface area is 210 Å². The molecule has 0 unspecified atom stereocenters. The van der Waals surface area contributed by atoms with Crippen LogP contribution in [0, 0.1) is 0 Å². The highest BCUT2D eigenvalue weighted by atomic mass is 31.2. The molecule has 3 aromatic rings. The highest BCUT2D eigenvalue weighted by molar-refractivity contribution is 7.62. The summed E-state index contributed by atoms with van der Waals surface area (Å²) < 4.78 is 24.5. The van der Waals surface area contributed by atoms with Crippen LogP contribution in [0.1, 0.15) is 30.5 Å². The molecule has 0 spiro atoms. The van der Waals surface area contributed by atoms with E-state index in [4.69, 9.17) is 14.8 Å². The molecule has 3 aromatic carbocycles. The number of amides is 2. The van der Waals surface area contributed by atoms with Gasteiger partial charge in [-0.25, -0.2) is 0 Å². The van der Waals surface area contributed by atoms with Gasteiger partial charge in [-0.05, 0) is 55.3 Å². The van der Waals surface area contributed by atoms with Crippen molar-refractivity contribution in [1.29, 1.82) is 0 Å². The summed E-state index contributed by atoms with van der Waals surface area (Å²) in [5.74, 6) is -0.698. The second kappa shape index (κ2) is 10.9. The molecule has 0 fully saturated rings. The van der Waals surface area contributed by atoms with Gasteiger partial charge in [0.05, 0.1) is 36.2 Å². The molecule has 0 aromatic heterocycles. The molecular weight excluding hydrogens is 477 g/mol. The SMILES string of the molecule is CCOP(=O)(OCC)c1ccc2c(c1)C(=C(Nc1ccc(CC(N)=O)cc1)c1ccccc1)C(=O)N2. The molecule has 0 aliphatic carbocycles. The maximum absolute atomic E-state index is 13.4. The van der Waals surface area contributed by atoms with Crippen molar-refractivity contribution in [2.24, 2.45) is 5.73 Å². The van der Waals surface area contributed by atoms with Crippen LogP contribution in [0.15, 0.2) is 72.8 Å². The van der Waals surface area contributed by atoms with Crippen molar-refractivity contribution in [3.8, 4) is 0 Å². The zero-order valence-corrected chi connectivity index (χ0v) is 21.0. The molecule has 0 saturated carbocycles. The maximum Gasteiger partial charge on any atom is 0.361 e. The molecule has 8 nitrogen and oxygen atoms in total. The lowest BCUT2D eigenvalue weighted by atomic mass is 10.00. The van der Waals surface area contributed by atoms with E-state index in [1.54, 1.807) is 32.0 Å². The number of carbonyl (C=O) groups is 2. The van der Waals surface area contributed by atoms with Gasteiger partial charge in [-0.1, -0.05) is 42.5 Å². The standard InChI is InChI=1S/C27H28N3O5P/c1-3-34-36(33,35-4-2)21-14-15-23-22(17-21)25(27(32)30-23)26(19-8-6-5-7-9-19)29-20-12-10-18(11-13-20)16-24(28)31/h5-15,17,29H,3-4,16H2,1-2H3,(H2,28,31)(H,30,32). The predicted octanol–water partition coefficient (Wildman–Crippen LogP) is 4.54. The molecule has 4 N–H and O–H groups in total. The predicted molar refractivity (Wildman–Crippen MR) is 142 cm³/mol. The van der Waals surface area contributed by atoms with Gasteiger partial charge in [-0.3, -0.25) is 14.2 Å². The molecule has 1 aliphatic heterocycles. The minimum atomic E-state index is -3.56. The first-order chi connectivity index (χ1) is 17.3. The maximum atomic E-state index is 13.4. The first-order valence-corrected chi connectivity index (χ1v) is 13.2. The van der Waals surface area contributed by atoms with Gasteiger partial charge in [-0.15, -0.1) is 0 Å². The summed E-state index contributed by atoms with van der Waals surface area (Å²) in [6.45, 7) is 3.94. The lowest BCUT2D eigenvalue weighted by Gasteiger charge is -2.18. The number of nitrogens with one attached hydrogen (secondary N) is 2. The quantitative estimate of drug-likeness (QED) is 0.275. The fourth-order valence-corrected chi connectivity index (χ4v) is 5.63. The fraction of sp³-hybridized carbons (Fsp3) is 0.185. The molecule has 0 saturated heterocycles. The van der Waals surface area contributed by atoms with Crippen LogP contribution in [0.4, 0.5) is 11.4 Å². The Balaban J connectivity index is 1.83. The Kier molecular flexibility index (Phi) is 7.70. The van der Waals surface area contributed by atoms with Crippen LogP contribution >= 0.6 is 7.60 Å². The van der Waals surface area contributed by atoms with E-state index in [-0.39, 0.29) is 25.5 Å². The molecular formula is C27H28N3O5P. The van der Waals surface area contributed by atoms with Crippen molar-refractivity contribution in [1.82, 2.24) is 0 Å². The van der Waals surface area contributed by atoms with Crippen molar-refractivity contribution < 1.29 is 23.2 Å². The summed E-state index contributed by atoms with van der Waals surface area (Å²) in [6, 6.07) is 21.8. The van der Waals surface area contributed by atoms with E-state index in [0.717, 1.165) is 16.8 Å². The number of rotatable bonds is 10. The summed E-state index contributed by atoms with van der Waals surface area (Å²) in [5.41, 5.74) is 9.78. The van der Waals surface area contributed by atoms with Crippen LogP contribution in [-0.2, 0) is 29.6 Å². The van der Waals surface area contributed by atoms with Gasteiger partial charge in [0.1, 0.15) is 0 Å². The number of nitrogens with two attached hydrogens (primary N) is 1. The monoisotopic (exact) mass is 505 g/mol. The lowest BCUT2D eigenvalue weighted by Crippen LogP contribution is -2.13. The first kappa shape index (κ1) is 25.4. The topological polar surface area (TPSA) is 120 Å². The van der Waals surface area contributed by atoms with Crippen LogP contribution in [0.3, 0.4) is 0 Å². The Morgan fingerprint density at radius 1 is 0.972 bits per heavy atom. The number of carbonyl (C=O) groups excluding carboxylic acids is 2. The van der Waals surface area contributed by atoms with Crippen LogP contribution in [0.5, 0.6) is 0 Å². The second-order valence-corrected chi connectivity index (χ2v) is 10.1. The van der Waals surface area contributed by atoms with Gasteiger partial charge < -0.3 is 25.4 Å². The molecule has 9 heteroatoms. The summed E-state index contributed by atoms with van der Waals surface area (Å²) in [7, 11) is -3.56. The number of hydrogen-bond acceptors (Lipinski definition) is 6. The number of primary amides is 1. The molecule has 1 heterocycles. The molecule has 2 amide bonds. The summed E-state index contributed by atoms with van der Waals surface area (Å²) in [6.07, 6.45) is 0.144. The van der Waals surface area contributed by atoms with Gasteiger partial charge in [0.25, 0.3) is 5.91 Å². The van der Waals surface area contributed by atoms with E-state index in [1.165, 1.54) is 0 Å². The lowest BCUT2D eigenvalue weighted by molar-refractivity contribution is -0.117. The highest BCUT2D eigenvalue weighted by Crippen LogP contribution is 2.48. The van der Waals surface area contributed by atoms with Gasteiger partial charge in [0, 0.05) is 16.9 Å². The van der Waals surface area contributed by atoms with E-state index in [1.807, 2.05) is 54.6 Å². The van der Waals surface area contributed by atoms with Crippen LogP contribution in [0.2, 0.25) is 0 Å². The van der Waals surface area contributed by atoms with Gasteiger partial charge in [-0.2, -0.15) is 0 Å². The molecule has 36 heavy (non-hydrogen) atoms. The smallest absolute Gasteiger partial charge is 0.361 e. The summed E-state index contributed by atoms with van der Waals surface area (Å²) >= 11 is 0. The molecule has 0 atom stereocenters. The molecule has 1 aliphatic rings. The van der Waals surface area contributed by atoms with Gasteiger partial charge in [0.2, 0.25) is 5.91 Å². The van der Waals surface area contributed by atoms with Gasteiger partial charge >= 0.3 is 7.60 Å². The highest BCUT2D eigenvalue weighted by Gasteiger charge is 2.33. The largest absolute Gasteiger partial charge is 0.369 e. The fourth-order valence-electron chi connectivity index (χ4n) is 4.04. The third-order valence-corrected chi connectivity index (χ3v) is 7.68. The van der Waals surface area contributed by atoms with Crippen LogP contribution in [0.25, 0.3) is 11.3 Å². The van der Waals surface area contributed by atoms with E-state index in [0.29, 0.717) is 27.8 Å². The number of anilines is 2. The second-order valence-electron chi connectivity index (χ2n) is 8.10. The van der Waals surface area contributed by atoms with E-state index in [9.17, 15) is 14.2 Å². The molecule has 0 radical (unpaired) electrons. The van der Waals surface area contributed by atoms with Crippen LogP contribution < -0.4 is 21.7 Å².